The molecule has 5 nitrogen and oxygen atoms in total. The van der Waals surface area contributed by atoms with E-state index in [1.165, 1.54) is 24.5 Å². The van der Waals surface area contributed by atoms with E-state index in [0.717, 1.165) is 6.08 Å². The zero-order valence-corrected chi connectivity index (χ0v) is 16.1. The molecule has 0 aliphatic heterocycles. The van der Waals surface area contributed by atoms with E-state index >= 15 is 0 Å². The predicted octanol–water partition coefficient (Wildman–Crippen LogP) is 0.758. The van der Waals surface area contributed by atoms with E-state index in [2.05, 4.69) is 9.71 Å². The smallest absolute Gasteiger partial charge is 0.538 e. The number of carbonyl (C=O) groups is 1. The number of nitrogens with zero attached hydrogens (tertiary/aromatic N) is 2. The Bertz CT molecular complexity index is 916. The van der Waals surface area contributed by atoms with Gasteiger partial charge in [-0.05, 0) is 35.9 Å². The van der Waals surface area contributed by atoms with Gasteiger partial charge in [-0.2, -0.15) is 13.2 Å². The van der Waals surface area contributed by atoms with Crippen LogP contribution in [0.15, 0.2) is 48.1 Å². The summed E-state index contributed by atoms with van der Waals surface area (Å²) in [4.78, 5) is 15.6. The van der Waals surface area contributed by atoms with Gasteiger partial charge in [0.05, 0.1) is 11.5 Å². The van der Waals surface area contributed by atoms with Crippen LogP contribution in [0.2, 0.25) is 0 Å². The summed E-state index contributed by atoms with van der Waals surface area (Å²) >= 11 is 0. The Labute approximate surface area is 168 Å². The van der Waals surface area contributed by atoms with Crippen molar-refractivity contribution in [2.24, 2.45) is 0 Å². The third-order valence-corrected chi connectivity index (χ3v) is 3.74. The summed E-state index contributed by atoms with van der Waals surface area (Å²) in [6.07, 6.45) is -1.19. The molecule has 1 aromatic carbocycles. The van der Waals surface area contributed by atoms with Gasteiger partial charge in [-0.25, -0.2) is 12.8 Å². The van der Waals surface area contributed by atoms with Crippen LogP contribution in [0, 0.1) is 5.82 Å². The minimum atomic E-state index is -5.04. The summed E-state index contributed by atoms with van der Waals surface area (Å²) in [5.41, 5.74) is -2.29. The van der Waals surface area contributed by atoms with Gasteiger partial charge in [0, 0.05) is 23.4 Å². The van der Waals surface area contributed by atoms with Gasteiger partial charge in [-0.3, -0.25) is 4.98 Å². The van der Waals surface area contributed by atoms with Crippen molar-refractivity contribution in [1.82, 2.24) is 4.98 Å². The second kappa shape index (κ2) is 8.76. The number of alkyl halides is 3. The van der Waals surface area contributed by atoms with Crippen LogP contribution in [0.25, 0.3) is 10.8 Å². The van der Waals surface area contributed by atoms with Crippen molar-refractivity contribution in [2.45, 2.75) is 6.18 Å². The molecule has 26 heavy (non-hydrogen) atoms. The Morgan fingerprint density at radius 3 is 2.46 bits per heavy atom. The number of hydrogen-bond acceptors (Lipinski definition) is 4. The summed E-state index contributed by atoms with van der Waals surface area (Å²) in [7, 11) is -4.49. The van der Waals surface area contributed by atoms with Gasteiger partial charge in [-0.15, -0.1) is 0 Å². The van der Waals surface area contributed by atoms with Crippen molar-refractivity contribution in [3.63, 3.8) is 0 Å². The van der Waals surface area contributed by atoms with E-state index in [0.29, 0.717) is 23.1 Å². The first-order valence-electron chi connectivity index (χ1n) is 6.56. The van der Waals surface area contributed by atoms with Crippen molar-refractivity contribution in [1.29, 1.82) is 0 Å². The number of aromatic nitrogens is 1. The van der Waals surface area contributed by atoms with E-state index in [4.69, 9.17) is 0 Å². The van der Waals surface area contributed by atoms with Crippen molar-refractivity contribution in [3.8, 4) is 0 Å². The molecule has 0 bridgehead atoms. The summed E-state index contributed by atoms with van der Waals surface area (Å²) in [6.45, 7) is 0. The Hall–Kier alpha value is -1.75. The van der Waals surface area contributed by atoms with Crippen LogP contribution in [-0.2, 0) is 16.2 Å². The molecule has 0 saturated carbocycles. The number of carbonyl (C=O) groups excluding carboxylic acids is 1. The first-order valence-corrected chi connectivity index (χ1v) is 8.06. The molecule has 1 heterocycles. The maximum Gasteiger partial charge on any atom is 1.00 e. The van der Waals surface area contributed by atoms with Gasteiger partial charge >= 0.3 is 35.7 Å². The number of pyridine rings is 1. The molecule has 0 N–H and O–H groups in total. The van der Waals surface area contributed by atoms with Crippen LogP contribution in [0.5, 0.6) is 0 Å². The average Bonchev–Trinajstić information content (AvgIpc) is 2.52. The third-order valence-electron chi connectivity index (χ3n) is 2.84. The molecule has 2 rings (SSSR count). The van der Waals surface area contributed by atoms with Gasteiger partial charge in [0.25, 0.3) is 0 Å². The summed E-state index contributed by atoms with van der Waals surface area (Å²) < 4.78 is 77.9. The Balaban J connectivity index is 0.00000338. The van der Waals surface area contributed by atoms with Crippen LogP contribution in [0.4, 0.5) is 17.6 Å². The van der Waals surface area contributed by atoms with Crippen LogP contribution >= 0.6 is 0 Å². The Kier molecular flexibility index (Phi) is 7.51. The molecule has 1 amide bonds. The molecule has 0 saturated heterocycles. The van der Waals surface area contributed by atoms with Crippen molar-refractivity contribution in [3.05, 3.63) is 75.4 Å². The second-order valence-corrected chi connectivity index (χ2v) is 6.17. The monoisotopic (exact) mass is 396 g/mol. The standard InChI is InChI=1S/C15H10F4N2O3S.Na/c16-11-3-4-12(13(8-11)15(17,18)19)14(22)21-25(23,24)7-5-10-2-1-6-20-9-10;/h1-9H,(H,21,22);/q;+1/p-1/b7-5+;. The van der Waals surface area contributed by atoms with Crippen LogP contribution in [0.1, 0.15) is 21.5 Å². The van der Waals surface area contributed by atoms with Gasteiger partial charge in [0.2, 0.25) is 0 Å². The summed E-state index contributed by atoms with van der Waals surface area (Å²) in [6, 6.07) is 4.28. The zero-order chi connectivity index (χ0) is 18.7. The van der Waals surface area contributed by atoms with Gasteiger partial charge in [-0.1, -0.05) is 6.07 Å². The van der Waals surface area contributed by atoms with Gasteiger partial charge in [0.1, 0.15) is 15.8 Å². The van der Waals surface area contributed by atoms with E-state index in [1.54, 1.807) is 0 Å². The summed E-state index contributed by atoms with van der Waals surface area (Å²) in [5.74, 6) is -2.87. The minimum absolute atomic E-state index is 0. The molecular formula is C15H9F4N2NaO3S. The van der Waals surface area contributed by atoms with E-state index in [1.807, 2.05) is 0 Å². The first-order chi connectivity index (χ1) is 11.6. The fourth-order valence-electron chi connectivity index (χ4n) is 1.77. The SMILES string of the molecule is O=C([N-]S(=O)(=O)/C=C/c1cccnc1)c1ccc(F)cc1C(F)(F)F.[Na+]. The first kappa shape index (κ1) is 22.3. The quantitative estimate of drug-likeness (QED) is 0.565. The molecule has 0 radical (unpaired) electrons. The van der Waals surface area contributed by atoms with E-state index in [9.17, 15) is 30.8 Å². The normalized spacial score (nSPS) is 11.8. The van der Waals surface area contributed by atoms with Crippen molar-refractivity contribution < 1.29 is 60.3 Å². The number of halogens is 4. The van der Waals surface area contributed by atoms with E-state index in [-0.39, 0.29) is 35.6 Å². The second-order valence-electron chi connectivity index (χ2n) is 4.69. The molecule has 2 aromatic rings. The molecule has 132 valence electrons. The molecule has 0 fully saturated rings. The number of amides is 1. The molecule has 0 spiro atoms. The van der Waals surface area contributed by atoms with Crippen molar-refractivity contribution in [2.75, 3.05) is 0 Å². The maximum atomic E-state index is 13.0. The largest absolute Gasteiger partial charge is 1.00 e. The van der Waals surface area contributed by atoms with Crippen LogP contribution in [-0.4, -0.2) is 19.3 Å². The van der Waals surface area contributed by atoms with Gasteiger partial charge in [0.15, 0.2) is 0 Å². The Morgan fingerprint density at radius 2 is 1.88 bits per heavy atom. The number of rotatable bonds is 4. The summed E-state index contributed by atoms with van der Waals surface area (Å²) in [5, 5.41) is 0.554. The third kappa shape index (κ3) is 6.20. The molecule has 1 aromatic heterocycles. The van der Waals surface area contributed by atoms with Gasteiger partial charge < -0.3 is 9.52 Å². The average molecular weight is 396 g/mol. The molecule has 0 unspecified atom stereocenters. The van der Waals surface area contributed by atoms with Crippen LogP contribution < -0.4 is 29.6 Å². The number of benzene rings is 1. The predicted molar refractivity (Wildman–Crippen MR) is 81.3 cm³/mol. The minimum Gasteiger partial charge on any atom is -0.538 e. The maximum absolute atomic E-state index is 13.0. The van der Waals surface area contributed by atoms with Crippen molar-refractivity contribution >= 4 is 22.0 Å². The van der Waals surface area contributed by atoms with Crippen LogP contribution in [0.3, 0.4) is 0 Å². The Morgan fingerprint density at radius 1 is 1.19 bits per heavy atom. The number of sulfonamides is 1. The topological polar surface area (TPSA) is 78.2 Å². The molecule has 0 atom stereocenters. The fourth-order valence-corrected chi connectivity index (χ4v) is 2.49. The number of hydrogen-bond donors (Lipinski definition) is 0. The molecule has 11 heteroatoms. The molecule has 0 aliphatic rings. The molecular weight excluding hydrogens is 387 g/mol. The fraction of sp³-hybridized carbons (Fsp3) is 0.0667. The zero-order valence-electron chi connectivity index (χ0n) is 13.2. The molecule has 0 aliphatic carbocycles. The van der Waals surface area contributed by atoms with E-state index < -0.39 is 39.1 Å².